The van der Waals surface area contributed by atoms with Gasteiger partial charge < -0.3 is 25.0 Å². The van der Waals surface area contributed by atoms with E-state index in [1.54, 1.807) is 12.3 Å². The molecule has 0 bridgehead atoms. The van der Waals surface area contributed by atoms with Crippen molar-refractivity contribution >= 4 is 11.8 Å². The molecule has 1 fully saturated rings. The van der Waals surface area contributed by atoms with Gasteiger partial charge in [0.2, 0.25) is 6.79 Å². The zero-order valence-corrected chi connectivity index (χ0v) is 16.5. The van der Waals surface area contributed by atoms with Gasteiger partial charge in [0.05, 0.1) is 0 Å². The Morgan fingerprint density at radius 1 is 1.31 bits per heavy atom. The Hall–Kier alpha value is -3.03. The summed E-state index contributed by atoms with van der Waals surface area (Å²) >= 11 is 0. The largest absolute Gasteiger partial charge is 0.454 e. The lowest BCUT2D eigenvalue weighted by Gasteiger charge is -2.20. The van der Waals surface area contributed by atoms with Crippen molar-refractivity contribution in [2.45, 2.75) is 25.8 Å². The third-order valence-corrected chi connectivity index (χ3v) is 5.02. The van der Waals surface area contributed by atoms with Gasteiger partial charge in [-0.25, -0.2) is 9.37 Å². The maximum Gasteiger partial charge on any atom is 0.231 e. The summed E-state index contributed by atoms with van der Waals surface area (Å²) in [6.07, 6.45) is 3.34. The molecular weight excluding hydrogens is 373 g/mol. The van der Waals surface area contributed by atoms with Crippen LogP contribution in [-0.4, -0.2) is 50.0 Å². The van der Waals surface area contributed by atoms with E-state index in [2.05, 4.69) is 15.6 Å². The summed E-state index contributed by atoms with van der Waals surface area (Å²) < 4.78 is 24.8. The van der Waals surface area contributed by atoms with Crippen LogP contribution < -0.4 is 25.0 Å². The van der Waals surface area contributed by atoms with Crippen LogP contribution in [0.25, 0.3) is 0 Å². The van der Waals surface area contributed by atoms with Crippen molar-refractivity contribution in [3.63, 3.8) is 0 Å². The number of rotatable bonds is 6. The summed E-state index contributed by atoms with van der Waals surface area (Å²) in [5.41, 5.74) is 1.16. The number of nitrogens with zero attached hydrogens (tertiary/aromatic N) is 3. The Morgan fingerprint density at radius 3 is 3.07 bits per heavy atom. The number of nitrogens with one attached hydrogen (secondary N) is 2. The Morgan fingerprint density at radius 2 is 2.21 bits per heavy atom. The van der Waals surface area contributed by atoms with E-state index >= 15 is 0 Å². The monoisotopic (exact) mass is 399 g/mol. The Labute approximate surface area is 169 Å². The normalized spacial score (nSPS) is 18.2. The number of benzene rings is 1. The molecule has 0 saturated carbocycles. The lowest BCUT2D eigenvalue weighted by Crippen LogP contribution is -2.44. The first-order chi connectivity index (χ1) is 14.2. The van der Waals surface area contributed by atoms with Gasteiger partial charge in [-0.3, -0.25) is 4.99 Å². The van der Waals surface area contributed by atoms with Gasteiger partial charge in [0.15, 0.2) is 29.1 Å². The quantitative estimate of drug-likeness (QED) is 0.574. The van der Waals surface area contributed by atoms with Gasteiger partial charge in [-0.15, -0.1) is 0 Å². The Kier molecular flexibility index (Phi) is 5.97. The number of hydrogen-bond acceptors (Lipinski definition) is 5. The van der Waals surface area contributed by atoms with Crippen LogP contribution in [0.15, 0.2) is 41.5 Å². The second-order valence-electron chi connectivity index (χ2n) is 7.08. The molecule has 154 valence electrons. The first-order valence-electron chi connectivity index (χ1n) is 10.0. The number of pyridine rings is 1. The van der Waals surface area contributed by atoms with Crippen molar-refractivity contribution in [3.05, 3.63) is 47.9 Å². The maximum absolute atomic E-state index is 14.0. The summed E-state index contributed by atoms with van der Waals surface area (Å²) in [5, 5.41) is 6.76. The standard InChI is InChI=1S/C21H26FN5O2/c1-2-23-21(25-10-7-15-5-6-18-19(12-15)29-14-28-18)26-16-8-11-27(13-16)20-17(22)4-3-9-24-20/h3-6,9,12,16H,2,7-8,10-11,13-14H2,1H3,(H2,23,25,26). The van der Waals surface area contributed by atoms with E-state index in [0.29, 0.717) is 18.9 Å². The second-order valence-corrected chi connectivity index (χ2v) is 7.08. The summed E-state index contributed by atoms with van der Waals surface area (Å²) in [5.74, 6) is 2.51. The molecule has 1 aromatic heterocycles. The highest BCUT2D eigenvalue weighted by molar-refractivity contribution is 5.80. The zero-order chi connectivity index (χ0) is 20.1. The summed E-state index contributed by atoms with van der Waals surface area (Å²) in [4.78, 5) is 10.8. The van der Waals surface area contributed by atoms with Crippen molar-refractivity contribution in [2.75, 3.05) is 37.9 Å². The molecule has 1 saturated heterocycles. The molecule has 2 N–H and O–H groups in total. The third-order valence-electron chi connectivity index (χ3n) is 5.02. The van der Waals surface area contributed by atoms with E-state index in [0.717, 1.165) is 49.0 Å². The Bertz CT molecular complexity index is 876. The van der Waals surface area contributed by atoms with E-state index in [4.69, 9.17) is 14.5 Å². The number of anilines is 1. The molecule has 0 amide bonds. The molecule has 29 heavy (non-hydrogen) atoms. The van der Waals surface area contributed by atoms with Gasteiger partial charge in [0.1, 0.15) is 0 Å². The molecule has 1 atom stereocenters. The van der Waals surface area contributed by atoms with Crippen LogP contribution in [0, 0.1) is 5.82 Å². The topological polar surface area (TPSA) is 71.0 Å². The first-order valence-corrected chi connectivity index (χ1v) is 10.0. The van der Waals surface area contributed by atoms with Crippen molar-refractivity contribution in [3.8, 4) is 11.5 Å². The van der Waals surface area contributed by atoms with Gasteiger partial charge in [-0.2, -0.15) is 0 Å². The molecule has 0 radical (unpaired) electrons. The van der Waals surface area contributed by atoms with Crippen molar-refractivity contribution in [1.82, 2.24) is 15.6 Å². The van der Waals surface area contributed by atoms with Crippen LogP contribution in [0.5, 0.6) is 11.5 Å². The minimum atomic E-state index is -0.280. The number of ether oxygens (including phenoxy) is 2. The average Bonchev–Trinajstić information content (AvgIpc) is 3.37. The molecule has 0 aliphatic carbocycles. The van der Waals surface area contributed by atoms with Crippen LogP contribution in [0.2, 0.25) is 0 Å². The van der Waals surface area contributed by atoms with Crippen molar-refractivity contribution < 1.29 is 13.9 Å². The van der Waals surface area contributed by atoms with E-state index in [-0.39, 0.29) is 18.7 Å². The molecule has 4 rings (SSSR count). The molecule has 3 heterocycles. The number of aliphatic imine (C=N–C) groups is 1. The lowest BCUT2D eigenvalue weighted by molar-refractivity contribution is 0.174. The average molecular weight is 399 g/mol. The van der Waals surface area contributed by atoms with Crippen LogP contribution in [0.3, 0.4) is 0 Å². The predicted molar refractivity (Wildman–Crippen MR) is 110 cm³/mol. The van der Waals surface area contributed by atoms with E-state index in [1.807, 2.05) is 30.0 Å². The molecule has 1 unspecified atom stereocenters. The van der Waals surface area contributed by atoms with Crippen molar-refractivity contribution in [2.24, 2.45) is 4.99 Å². The van der Waals surface area contributed by atoms with Crippen LogP contribution in [-0.2, 0) is 6.42 Å². The maximum atomic E-state index is 14.0. The predicted octanol–water partition coefficient (Wildman–Crippen LogP) is 2.33. The minimum absolute atomic E-state index is 0.194. The lowest BCUT2D eigenvalue weighted by atomic mass is 10.1. The van der Waals surface area contributed by atoms with Gasteiger partial charge in [0.25, 0.3) is 0 Å². The van der Waals surface area contributed by atoms with Crippen LogP contribution >= 0.6 is 0 Å². The summed E-state index contributed by atoms with van der Waals surface area (Å²) in [6.45, 7) is 5.22. The Balaban J connectivity index is 1.32. The molecule has 8 heteroatoms. The fourth-order valence-corrected chi connectivity index (χ4v) is 3.59. The molecule has 2 aliphatic heterocycles. The number of halogens is 1. The minimum Gasteiger partial charge on any atom is -0.454 e. The van der Waals surface area contributed by atoms with Crippen molar-refractivity contribution in [1.29, 1.82) is 0 Å². The fraction of sp³-hybridized carbons (Fsp3) is 0.429. The van der Waals surface area contributed by atoms with E-state index < -0.39 is 0 Å². The zero-order valence-electron chi connectivity index (χ0n) is 16.5. The number of aromatic nitrogens is 1. The SMILES string of the molecule is CCNC(=NCCc1ccc2c(c1)OCO2)NC1CCN(c2ncccc2F)C1. The van der Waals surface area contributed by atoms with Gasteiger partial charge in [-0.05, 0) is 49.6 Å². The highest BCUT2D eigenvalue weighted by Gasteiger charge is 2.25. The molecule has 0 spiro atoms. The van der Waals surface area contributed by atoms with Crippen LogP contribution in [0.4, 0.5) is 10.2 Å². The number of hydrogen-bond donors (Lipinski definition) is 2. The van der Waals surface area contributed by atoms with Gasteiger partial charge in [0, 0.05) is 38.4 Å². The molecule has 7 nitrogen and oxygen atoms in total. The summed E-state index contributed by atoms with van der Waals surface area (Å²) in [6, 6.07) is 9.24. The van der Waals surface area contributed by atoms with E-state index in [9.17, 15) is 4.39 Å². The first kappa shape index (κ1) is 19.3. The third kappa shape index (κ3) is 4.70. The molecule has 2 aromatic rings. The number of guanidine groups is 1. The fourth-order valence-electron chi connectivity index (χ4n) is 3.59. The van der Waals surface area contributed by atoms with Crippen LogP contribution in [0.1, 0.15) is 18.9 Å². The number of fused-ring (bicyclic) bond motifs is 1. The summed E-state index contributed by atoms with van der Waals surface area (Å²) in [7, 11) is 0. The molecular formula is C21H26FN5O2. The van der Waals surface area contributed by atoms with E-state index in [1.165, 1.54) is 6.07 Å². The second kappa shape index (κ2) is 8.98. The highest BCUT2D eigenvalue weighted by Crippen LogP contribution is 2.32. The van der Waals surface area contributed by atoms with Gasteiger partial charge >= 0.3 is 0 Å². The highest BCUT2D eigenvalue weighted by atomic mass is 19.1. The molecule has 2 aliphatic rings. The molecule has 1 aromatic carbocycles. The smallest absolute Gasteiger partial charge is 0.231 e. The van der Waals surface area contributed by atoms with Gasteiger partial charge in [-0.1, -0.05) is 6.07 Å².